The van der Waals surface area contributed by atoms with E-state index in [1.54, 1.807) is 6.07 Å². The zero-order chi connectivity index (χ0) is 17.4. The third-order valence-electron chi connectivity index (χ3n) is 3.54. The first-order valence-electron chi connectivity index (χ1n) is 8.23. The molecule has 126 valence electrons. The highest BCUT2D eigenvalue weighted by atomic mass is 16.5. The number of aliphatic imine (C=N–C) groups is 1. The molecule has 4 heteroatoms. The normalized spacial score (nSPS) is 12.5. The van der Waals surface area contributed by atoms with Gasteiger partial charge in [-0.1, -0.05) is 55.0 Å². The van der Waals surface area contributed by atoms with E-state index in [-0.39, 0.29) is 18.0 Å². The standard InChI is InChI=1S/C20H24N2O2/c1-4-13-24-20(21-16(3)17-10-6-5-7-11-17)22-19(23)18-12-8-9-15(2)14-18/h5-12,14,16H,4,13H2,1-3H3,(H,21,22,23). The molecule has 2 aromatic carbocycles. The summed E-state index contributed by atoms with van der Waals surface area (Å²) in [6, 6.07) is 17.5. The summed E-state index contributed by atoms with van der Waals surface area (Å²) in [7, 11) is 0. The van der Waals surface area contributed by atoms with Gasteiger partial charge in [0.05, 0.1) is 12.6 Å². The van der Waals surface area contributed by atoms with E-state index in [0.717, 1.165) is 17.5 Å². The van der Waals surface area contributed by atoms with E-state index < -0.39 is 0 Å². The lowest BCUT2D eigenvalue weighted by molar-refractivity contribution is 0.0965. The van der Waals surface area contributed by atoms with Crippen molar-refractivity contribution < 1.29 is 9.53 Å². The van der Waals surface area contributed by atoms with Crippen LogP contribution in [-0.2, 0) is 4.74 Å². The lowest BCUT2D eigenvalue weighted by Gasteiger charge is -2.13. The Bertz CT molecular complexity index is 696. The molecule has 0 aromatic heterocycles. The van der Waals surface area contributed by atoms with Crippen LogP contribution in [0, 0.1) is 6.92 Å². The maximum absolute atomic E-state index is 12.4. The first-order valence-corrected chi connectivity index (χ1v) is 8.23. The molecule has 1 amide bonds. The summed E-state index contributed by atoms with van der Waals surface area (Å²) in [5.74, 6) is -0.214. The Morgan fingerprint density at radius 1 is 1.17 bits per heavy atom. The fraction of sp³-hybridized carbons (Fsp3) is 0.300. The number of hydrogen-bond acceptors (Lipinski definition) is 3. The summed E-state index contributed by atoms with van der Waals surface area (Å²) in [4.78, 5) is 17.0. The number of amides is 1. The second-order valence-electron chi connectivity index (χ2n) is 5.69. The van der Waals surface area contributed by atoms with Gasteiger partial charge in [-0.3, -0.25) is 10.1 Å². The van der Waals surface area contributed by atoms with Crippen molar-refractivity contribution in [3.8, 4) is 0 Å². The molecule has 0 spiro atoms. The molecule has 0 heterocycles. The van der Waals surface area contributed by atoms with Gasteiger partial charge < -0.3 is 4.74 Å². The Hall–Kier alpha value is -2.62. The van der Waals surface area contributed by atoms with Crippen LogP contribution in [-0.4, -0.2) is 18.5 Å². The second kappa shape index (κ2) is 8.87. The average Bonchev–Trinajstić information content (AvgIpc) is 2.60. The van der Waals surface area contributed by atoms with Crippen LogP contribution in [0.2, 0.25) is 0 Å². The molecule has 0 saturated carbocycles. The zero-order valence-corrected chi connectivity index (χ0v) is 14.5. The molecule has 0 radical (unpaired) electrons. The van der Waals surface area contributed by atoms with Crippen molar-refractivity contribution in [1.82, 2.24) is 5.32 Å². The molecule has 2 aromatic rings. The largest absolute Gasteiger partial charge is 0.465 e. The monoisotopic (exact) mass is 324 g/mol. The number of aryl methyl sites for hydroxylation is 1. The molecule has 4 nitrogen and oxygen atoms in total. The van der Waals surface area contributed by atoms with Crippen LogP contribution in [0.25, 0.3) is 0 Å². The fourth-order valence-electron chi connectivity index (χ4n) is 2.24. The van der Waals surface area contributed by atoms with Gasteiger partial charge in [0.15, 0.2) is 0 Å². The van der Waals surface area contributed by atoms with Crippen molar-refractivity contribution in [2.45, 2.75) is 33.2 Å². The van der Waals surface area contributed by atoms with Crippen molar-refractivity contribution in [2.75, 3.05) is 6.61 Å². The van der Waals surface area contributed by atoms with Gasteiger partial charge in [-0.15, -0.1) is 0 Å². The number of amidine groups is 1. The number of rotatable bonds is 5. The van der Waals surface area contributed by atoms with Gasteiger partial charge in [-0.2, -0.15) is 0 Å². The lowest BCUT2D eigenvalue weighted by Crippen LogP contribution is -2.33. The number of ether oxygens (including phenoxy) is 1. The molecule has 0 aliphatic rings. The molecular formula is C20H24N2O2. The van der Waals surface area contributed by atoms with Gasteiger partial charge in [0.25, 0.3) is 11.9 Å². The van der Waals surface area contributed by atoms with E-state index in [4.69, 9.17) is 4.74 Å². The Balaban J connectivity index is 2.15. The number of nitrogens with zero attached hydrogens (tertiary/aromatic N) is 1. The van der Waals surface area contributed by atoms with E-state index >= 15 is 0 Å². The zero-order valence-electron chi connectivity index (χ0n) is 14.5. The highest BCUT2D eigenvalue weighted by Gasteiger charge is 2.12. The molecule has 24 heavy (non-hydrogen) atoms. The molecular weight excluding hydrogens is 300 g/mol. The van der Waals surface area contributed by atoms with Crippen LogP contribution in [0.15, 0.2) is 59.6 Å². The second-order valence-corrected chi connectivity index (χ2v) is 5.69. The third kappa shape index (κ3) is 5.23. The quantitative estimate of drug-likeness (QED) is 0.659. The molecule has 1 unspecified atom stereocenters. The highest BCUT2D eigenvalue weighted by molar-refractivity contribution is 6.04. The Morgan fingerprint density at radius 3 is 2.58 bits per heavy atom. The molecule has 0 bridgehead atoms. The van der Waals surface area contributed by atoms with E-state index in [9.17, 15) is 4.79 Å². The van der Waals surface area contributed by atoms with E-state index in [1.807, 2.05) is 69.3 Å². The predicted molar refractivity (Wildman–Crippen MR) is 97.2 cm³/mol. The maximum Gasteiger partial charge on any atom is 0.292 e. The number of hydrogen-bond donors (Lipinski definition) is 1. The summed E-state index contributed by atoms with van der Waals surface area (Å²) in [6.07, 6.45) is 0.846. The molecule has 1 atom stereocenters. The smallest absolute Gasteiger partial charge is 0.292 e. The number of carbonyl (C=O) groups excluding carboxylic acids is 1. The Kier molecular flexibility index (Phi) is 6.55. The molecule has 0 aliphatic heterocycles. The number of nitrogens with one attached hydrogen (secondary N) is 1. The van der Waals surface area contributed by atoms with Crippen LogP contribution in [0.3, 0.4) is 0 Å². The van der Waals surface area contributed by atoms with Crippen molar-refractivity contribution in [2.24, 2.45) is 4.99 Å². The highest BCUT2D eigenvalue weighted by Crippen LogP contribution is 2.16. The number of carbonyl (C=O) groups is 1. The first kappa shape index (κ1) is 17.7. The minimum absolute atomic E-state index is 0.101. The summed E-state index contributed by atoms with van der Waals surface area (Å²) in [5.41, 5.74) is 2.70. The predicted octanol–water partition coefficient (Wildman–Crippen LogP) is 4.27. The summed E-state index contributed by atoms with van der Waals surface area (Å²) >= 11 is 0. The SMILES string of the molecule is CCCOC(=NC(C)c1ccccc1)NC(=O)c1cccc(C)c1. The van der Waals surface area contributed by atoms with Crippen LogP contribution >= 0.6 is 0 Å². The average molecular weight is 324 g/mol. The van der Waals surface area contributed by atoms with E-state index in [0.29, 0.717) is 12.2 Å². The minimum Gasteiger partial charge on any atom is -0.465 e. The van der Waals surface area contributed by atoms with Gasteiger partial charge in [0, 0.05) is 5.56 Å². The molecule has 2 rings (SSSR count). The first-order chi connectivity index (χ1) is 11.6. The van der Waals surface area contributed by atoms with E-state index in [1.165, 1.54) is 0 Å². The van der Waals surface area contributed by atoms with Gasteiger partial charge in [-0.05, 0) is 38.0 Å². The van der Waals surface area contributed by atoms with Crippen LogP contribution in [0.1, 0.15) is 47.8 Å². The van der Waals surface area contributed by atoms with Crippen molar-refractivity contribution >= 4 is 11.9 Å². The maximum atomic E-state index is 12.4. The molecule has 0 fully saturated rings. The van der Waals surface area contributed by atoms with Crippen molar-refractivity contribution in [1.29, 1.82) is 0 Å². The Morgan fingerprint density at radius 2 is 1.92 bits per heavy atom. The van der Waals surface area contributed by atoms with Crippen LogP contribution in [0.5, 0.6) is 0 Å². The molecule has 0 aliphatic carbocycles. The molecule has 1 N–H and O–H groups in total. The summed E-state index contributed by atoms with van der Waals surface area (Å²) in [6.45, 7) is 6.45. The van der Waals surface area contributed by atoms with E-state index in [2.05, 4.69) is 10.3 Å². The van der Waals surface area contributed by atoms with Gasteiger partial charge >= 0.3 is 0 Å². The third-order valence-corrected chi connectivity index (χ3v) is 3.54. The van der Waals surface area contributed by atoms with Crippen molar-refractivity contribution in [3.05, 3.63) is 71.3 Å². The topological polar surface area (TPSA) is 50.7 Å². The summed E-state index contributed by atoms with van der Waals surface area (Å²) in [5, 5.41) is 2.78. The Labute approximate surface area is 143 Å². The van der Waals surface area contributed by atoms with Crippen molar-refractivity contribution in [3.63, 3.8) is 0 Å². The van der Waals surface area contributed by atoms with Crippen LogP contribution in [0.4, 0.5) is 0 Å². The van der Waals surface area contributed by atoms with Gasteiger partial charge in [0.2, 0.25) is 0 Å². The molecule has 0 saturated heterocycles. The fourth-order valence-corrected chi connectivity index (χ4v) is 2.24. The van der Waals surface area contributed by atoms with Gasteiger partial charge in [0.1, 0.15) is 0 Å². The minimum atomic E-state index is -0.214. The lowest BCUT2D eigenvalue weighted by atomic mass is 10.1. The number of benzene rings is 2. The van der Waals surface area contributed by atoms with Crippen LogP contribution < -0.4 is 5.32 Å². The van der Waals surface area contributed by atoms with Gasteiger partial charge in [-0.25, -0.2) is 4.99 Å². The summed E-state index contributed by atoms with van der Waals surface area (Å²) < 4.78 is 5.62.